The van der Waals surface area contributed by atoms with Gasteiger partial charge in [0.2, 0.25) is 5.91 Å². The smallest absolute Gasteiger partial charge is 0.269 e. The number of primary amides is 1. The Hall–Kier alpha value is -2.35. The van der Waals surface area contributed by atoms with Crippen LogP contribution in [0.25, 0.3) is 0 Å². The van der Waals surface area contributed by atoms with E-state index in [-0.39, 0.29) is 18.0 Å². The number of hydrogen-bond donors (Lipinski definition) is 2. The summed E-state index contributed by atoms with van der Waals surface area (Å²) in [5.41, 5.74) is 7.25. The van der Waals surface area contributed by atoms with Crippen LogP contribution in [-0.4, -0.2) is 31.4 Å². The average molecular weight is 325 g/mol. The molecule has 0 fully saturated rings. The number of nitrogens with two attached hydrogens (primary N) is 1. The molecule has 9 heteroatoms. The summed E-state index contributed by atoms with van der Waals surface area (Å²) < 4.78 is 2.99. The number of halogens is 1. The maximum absolute atomic E-state index is 12.0. The molecule has 118 valence electrons. The molecule has 0 bridgehead atoms. The Morgan fingerprint density at radius 3 is 2.64 bits per heavy atom. The monoisotopic (exact) mass is 324 g/mol. The minimum absolute atomic E-state index is 0.155. The Morgan fingerprint density at radius 1 is 1.41 bits per heavy atom. The van der Waals surface area contributed by atoms with Crippen LogP contribution in [0.2, 0.25) is 5.02 Å². The van der Waals surface area contributed by atoms with E-state index in [9.17, 15) is 9.59 Å². The van der Waals surface area contributed by atoms with E-state index in [1.165, 1.54) is 10.9 Å². The van der Waals surface area contributed by atoms with Crippen LogP contribution in [0, 0.1) is 13.8 Å². The van der Waals surface area contributed by atoms with Crippen LogP contribution in [0.15, 0.2) is 6.20 Å². The molecule has 0 aliphatic heterocycles. The van der Waals surface area contributed by atoms with Gasteiger partial charge in [-0.2, -0.15) is 10.2 Å². The lowest BCUT2D eigenvalue weighted by Crippen LogP contribution is -2.21. The highest BCUT2D eigenvalue weighted by molar-refractivity contribution is 6.31. The minimum Gasteiger partial charge on any atom is -0.364 e. The van der Waals surface area contributed by atoms with Crippen molar-refractivity contribution in [3.8, 4) is 0 Å². The molecule has 8 nitrogen and oxygen atoms in total. The van der Waals surface area contributed by atoms with Crippen molar-refractivity contribution in [2.24, 2.45) is 12.8 Å². The summed E-state index contributed by atoms with van der Waals surface area (Å²) in [6, 6.07) is 0. The molecular weight excluding hydrogens is 308 g/mol. The molecule has 0 unspecified atom stereocenters. The zero-order chi connectivity index (χ0) is 16.4. The minimum atomic E-state index is -0.652. The summed E-state index contributed by atoms with van der Waals surface area (Å²) in [7, 11) is 1.58. The summed E-state index contributed by atoms with van der Waals surface area (Å²) in [4.78, 5) is 23.3. The van der Waals surface area contributed by atoms with Gasteiger partial charge in [0.15, 0.2) is 0 Å². The lowest BCUT2D eigenvalue weighted by atomic mass is 10.3. The number of carbonyl (C=O) groups excluding carboxylic acids is 2. The normalized spacial score (nSPS) is 10.7. The molecule has 22 heavy (non-hydrogen) atoms. The van der Waals surface area contributed by atoms with Crippen molar-refractivity contribution in [1.82, 2.24) is 19.6 Å². The first-order valence-electron chi connectivity index (χ1n) is 6.62. The number of nitrogens with zero attached hydrogens (tertiary/aromatic N) is 4. The van der Waals surface area contributed by atoms with E-state index < -0.39 is 5.91 Å². The Bertz CT molecular complexity index is 733. The average Bonchev–Trinajstić information content (AvgIpc) is 2.92. The number of aromatic nitrogens is 4. The summed E-state index contributed by atoms with van der Waals surface area (Å²) in [6.07, 6.45) is 1.57. The summed E-state index contributed by atoms with van der Waals surface area (Å²) in [6.45, 7) is 4.03. The van der Waals surface area contributed by atoms with Crippen LogP contribution in [-0.2, 0) is 18.4 Å². The van der Waals surface area contributed by atoms with Gasteiger partial charge < -0.3 is 11.1 Å². The third-order valence-corrected chi connectivity index (χ3v) is 3.84. The second-order valence-electron chi connectivity index (χ2n) is 4.90. The molecule has 0 aromatic carbocycles. The number of amides is 2. The van der Waals surface area contributed by atoms with Gasteiger partial charge in [-0.05, 0) is 13.8 Å². The van der Waals surface area contributed by atoms with Crippen LogP contribution in [0.4, 0.5) is 5.69 Å². The molecule has 2 rings (SSSR count). The maximum atomic E-state index is 12.0. The summed E-state index contributed by atoms with van der Waals surface area (Å²) >= 11 is 6.06. The number of carbonyl (C=O) groups is 2. The summed E-state index contributed by atoms with van der Waals surface area (Å²) in [5, 5.41) is 11.4. The highest BCUT2D eigenvalue weighted by atomic mass is 35.5. The molecule has 3 N–H and O–H groups in total. The van der Waals surface area contributed by atoms with E-state index >= 15 is 0 Å². The quantitative estimate of drug-likeness (QED) is 0.855. The lowest BCUT2D eigenvalue weighted by Gasteiger charge is -2.06. The molecule has 0 radical (unpaired) electrons. The number of aryl methyl sites for hydroxylation is 3. The largest absolute Gasteiger partial charge is 0.364 e. The number of nitrogens with one attached hydrogen (secondary N) is 1. The van der Waals surface area contributed by atoms with Crippen molar-refractivity contribution in [1.29, 1.82) is 0 Å². The summed E-state index contributed by atoms with van der Waals surface area (Å²) in [5.74, 6) is -0.917. The van der Waals surface area contributed by atoms with Gasteiger partial charge in [-0.1, -0.05) is 11.6 Å². The van der Waals surface area contributed by atoms with Crippen LogP contribution < -0.4 is 11.1 Å². The van der Waals surface area contributed by atoms with Crippen LogP contribution in [0.3, 0.4) is 0 Å². The standard InChI is InChI=1S/C13H17ClN6O2/c1-7-11(14)8(2)20(18-7)5-4-10(21)17-9-6-16-19(3)12(9)13(15)22/h6H,4-5H2,1-3H3,(H2,15,22)(H,17,21). The van der Waals surface area contributed by atoms with Crippen LogP contribution in [0.5, 0.6) is 0 Å². The van der Waals surface area contributed by atoms with Gasteiger partial charge in [0.1, 0.15) is 5.69 Å². The lowest BCUT2D eigenvalue weighted by molar-refractivity contribution is -0.116. The topological polar surface area (TPSA) is 108 Å². The SMILES string of the molecule is Cc1nn(CCC(=O)Nc2cnn(C)c2C(N)=O)c(C)c1Cl. The Balaban J connectivity index is 2.02. The highest BCUT2D eigenvalue weighted by Crippen LogP contribution is 2.19. The number of rotatable bonds is 5. The van der Waals surface area contributed by atoms with Crippen molar-refractivity contribution < 1.29 is 9.59 Å². The zero-order valence-electron chi connectivity index (χ0n) is 12.6. The van der Waals surface area contributed by atoms with Gasteiger partial charge in [0.25, 0.3) is 5.91 Å². The van der Waals surface area contributed by atoms with Gasteiger partial charge in [0.05, 0.1) is 34.8 Å². The molecule has 2 aromatic heterocycles. The fraction of sp³-hybridized carbons (Fsp3) is 0.385. The van der Waals surface area contributed by atoms with E-state index in [2.05, 4.69) is 15.5 Å². The second kappa shape index (κ2) is 6.18. The van der Waals surface area contributed by atoms with Crippen LogP contribution >= 0.6 is 11.6 Å². The van der Waals surface area contributed by atoms with Crippen molar-refractivity contribution >= 4 is 29.1 Å². The fourth-order valence-corrected chi connectivity index (χ4v) is 2.27. The molecule has 0 saturated carbocycles. The number of hydrogen-bond acceptors (Lipinski definition) is 4. The van der Waals surface area contributed by atoms with E-state index in [1.54, 1.807) is 18.7 Å². The van der Waals surface area contributed by atoms with E-state index in [1.807, 2.05) is 6.92 Å². The molecule has 0 saturated heterocycles. The molecule has 2 amide bonds. The van der Waals surface area contributed by atoms with E-state index in [4.69, 9.17) is 17.3 Å². The molecular formula is C13H17ClN6O2. The van der Waals surface area contributed by atoms with Crippen molar-refractivity contribution in [3.63, 3.8) is 0 Å². The van der Waals surface area contributed by atoms with Crippen molar-refractivity contribution in [2.45, 2.75) is 26.8 Å². The Labute approximate surface area is 132 Å². The Morgan fingerprint density at radius 2 is 2.09 bits per heavy atom. The third-order valence-electron chi connectivity index (χ3n) is 3.29. The zero-order valence-corrected chi connectivity index (χ0v) is 13.3. The van der Waals surface area contributed by atoms with E-state index in [0.29, 0.717) is 17.3 Å². The molecule has 0 spiro atoms. The first kappa shape index (κ1) is 16.0. The molecule has 0 atom stereocenters. The second-order valence-corrected chi connectivity index (χ2v) is 5.28. The van der Waals surface area contributed by atoms with Gasteiger partial charge in [-0.3, -0.25) is 19.0 Å². The van der Waals surface area contributed by atoms with Crippen molar-refractivity contribution in [3.05, 3.63) is 28.3 Å². The predicted octanol–water partition coefficient (Wildman–Crippen LogP) is 1.01. The van der Waals surface area contributed by atoms with Crippen LogP contribution in [0.1, 0.15) is 28.3 Å². The molecule has 0 aliphatic carbocycles. The Kier molecular flexibility index (Phi) is 4.51. The van der Waals surface area contributed by atoms with E-state index in [0.717, 1.165) is 11.4 Å². The highest BCUT2D eigenvalue weighted by Gasteiger charge is 2.16. The fourth-order valence-electron chi connectivity index (χ4n) is 2.13. The number of anilines is 1. The molecule has 2 heterocycles. The van der Waals surface area contributed by atoms with Gasteiger partial charge in [0, 0.05) is 13.5 Å². The first-order valence-corrected chi connectivity index (χ1v) is 7.00. The predicted molar refractivity (Wildman–Crippen MR) is 81.7 cm³/mol. The van der Waals surface area contributed by atoms with Gasteiger partial charge in [-0.15, -0.1) is 0 Å². The molecule has 0 aliphatic rings. The maximum Gasteiger partial charge on any atom is 0.269 e. The van der Waals surface area contributed by atoms with Gasteiger partial charge >= 0.3 is 0 Å². The van der Waals surface area contributed by atoms with Gasteiger partial charge in [-0.25, -0.2) is 0 Å². The van der Waals surface area contributed by atoms with Crippen molar-refractivity contribution in [2.75, 3.05) is 5.32 Å². The molecule has 2 aromatic rings. The third kappa shape index (κ3) is 3.11. The first-order chi connectivity index (χ1) is 10.3.